The van der Waals surface area contributed by atoms with Crippen molar-refractivity contribution < 1.29 is 9.50 Å². The third-order valence-electron chi connectivity index (χ3n) is 4.76. The number of hydrogen-bond acceptors (Lipinski definition) is 2. The van der Waals surface area contributed by atoms with Crippen LogP contribution in [-0.2, 0) is 6.42 Å². The van der Waals surface area contributed by atoms with Gasteiger partial charge in [0.2, 0.25) is 0 Å². The summed E-state index contributed by atoms with van der Waals surface area (Å²) in [4.78, 5) is 2.34. The predicted molar refractivity (Wildman–Crippen MR) is 97.1 cm³/mol. The Kier molecular flexibility index (Phi) is 4.89. The molecule has 1 N–H and O–H groups in total. The fourth-order valence-corrected chi connectivity index (χ4v) is 3.45. The van der Waals surface area contributed by atoms with Gasteiger partial charge in [0, 0.05) is 24.7 Å². The maximum absolute atomic E-state index is 13.7. The summed E-state index contributed by atoms with van der Waals surface area (Å²) in [5.41, 5.74) is 4.02. The van der Waals surface area contributed by atoms with E-state index in [1.807, 2.05) is 12.1 Å². The predicted octanol–water partition coefficient (Wildman–Crippen LogP) is 5.16. The maximum Gasteiger partial charge on any atom is 0.126 e. The van der Waals surface area contributed by atoms with Crippen LogP contribution in [0.4, 0.5) is 10.1 Å². The van der Waals surface area contributed by atoms with Crippen LogP contribution >= 0.6 is 0 Å². The fourth-order valence-electron chi connectivity index (χ4n) is 3.45. The first kappa shape index (κ1) is 16.6. The van der Waals surface area contributed by atoms with Gasteiger partial charge in [-0.1, -0.05) is 30.8 Å². The molecule has 1 fully saturated rings. The van der Waals surface area contributed by atoms with E-state index in [-0.39, 0.29) is 11.6 Å². The van der Waals surface area contributed by atoms with Crippen molar-refractivity contribution in [3.63, 3.8) is 0 Å². The highest BCUT2D eigenvalue weighted by molar-refractivity contribution is 5.50. The number of rotatable bonds is 5. The van der Waals surface area contributed by atoms with E-state index in [1.54, 1.807) is 13.0 Å². The molecule has 0 saturated carbocycles. The van der Waals surface area contributed by atoms with Gasteiger partial charge in [0.15, 0.2) is 0 Å². The van der Waals surface area contributed by atoms with Crippen molar-refractivity contribution in [2.24, 2.45) is 0 Å². The highest BCUT2D eigenvalue weighted by Crippen LogP contribution is 2.29. The standard InChI is InChI=1S/C21H24FNO/c1-15-5-6-18(14-21(15)22)13-17-7-9-19(10-8-17)23-11-3-4-20(23)12-16(2)24/h5-10,14,20,24H,2-4,11-13H2,1H3. The number of nitrogens with zero attached hydrogens (tertiary/aromatic N) is 1. The molecule has 0 bridgehead atoms. The first-order valence-corrected chi connectivity index (χ1v) is 8.50. The molecule has 1 aliphatic heterocycles. The van der Waals surface area contributed by atoms with Crippen molar-refractivity contribution in [1.82, 2.24) is 0 Å². The summed E-state index contributed by atoms with van der Waals surface area (Å²) in [5.74, 6) is 0.109. The Morgan fingerprint density at radius 1 is 1.21 bits per heavy atom. The van der Waals surface area contributed by atoms with Gasteiger partial charge in [0.25, 0.3) is 0 Å². The van der Waals surface area contributed by atoms with Gasteiger partial charge < -0.3 is 10.0 Å². The molecule has 3 rings (SSSR count). The summed E-state index contributed by atoms with van der Waals surface area (Å²) in [6.07, 6.45) is 3.59. The Balaban J connectivity index is 1.70. The lowest BCUT2D eigenvalue weighted by Gasteiger charge is -2.26. The number of hydrogen-bond donors (Lipinski definition) is 1. The minimum Gasteiger partial charge on any atom is -0.513 e. The smallest absolute Gasteiger partial charge is 0.126 e. The van der Waals surface area contributed by atoms with Gasteiger partial charge in [-0.25, -0.2) is 4.39 Å². The van der Waals surface area contributed by atoms with Crippen LogP contribution in [0.5, 0.6) is 0 Å². The Bertz CT molecular complexity index is 723. The topological polar surface area (TPSA) is 23.5 Å². The van der Waals surface area contributed by atoms with Crippen molar-refractivity contribution in [1.29, 1.82) is 0 Å². The van der Waals surface area contributed by atoms with Crippen molar-refractivity contribution in [3.05, 3.63) is 77.3 Å². The molecule has 1 heterocycles. The highest BCUT2D eigenvalue weighted by Gasteiger charge is 2.25. The van der Waals surface area contributed by atoms with Gasteiger partial charge in [-0.05, 0) is 61.1 Å². The van der Waals surface area contributed by atoms with Crippen LogP contribution in [0, 0.1) is 12.7 Å². The Morgan fingerprint density at radius 3 is 2.58 bits per heavy atom. The van der Waals surface area contributed by atoms with Crippen LogP contribution in [0.2, 0.25) is 0 Å². The van der Waals surface area contributed by atoms with E-state index < -0.39 is 0 Å². The average molecular weight is 325 g/mol. The van der Waals surface area contributed by atoms with Crippen molar-refractivity contribution in [3.8, 4) is 0 Å². The van der Waals surface area contributed by atoms with E-state index in [1.165, 1.54) is 11.3 Å². The first-order chi connectivity index (χ1) is 11.5. The van der Waals surface area contributed by atoms with Gasteiger partial charge in [-0.3, -0.25) is 0 Å². The molecule has 2 nitrogen and oxygen atoms in total. The van der Waals surface area contributed by atoms with E-state index in [0.717, 1.165) is 31.4 Å². The first-order valence-electron chi connectivity index (χ1n) is 8.50. The van der Waals surface area contributed by atoms with Gasteiger partial charge in [-0.15, -0.1) is 0 Å². The molecule has 0 amide bonds. The highest BCUT2D eigenvalue weighted by atomic mass is 19.1. The summed E-state index contributed by atoms with van der Waals surface area (Å²) in [5, 5.41) is 9.48. The molecule has 0 radical (unpaired) electrons. The van der Waals surface area contributed by atoms with Crippen LogP contribution in [0.1, 0.15) is 36.0 Å². The molecule has 0 spiro atoms. The van der Waals surface area contributed by atoms with Gasteiger partial charge in [0.05, 0.1) is 5.76 Å². The van der Waals surface area contributed by atoms with Gasteiger partial charge in [0.1, 0.15) is 5.82 Å². The van der Waals surface area contributed by atoms with Crippen LogP contribution in [0.15, 0.2) is 54.8 Å². The number of aliphatic hydroxyl groups is 1. The number of aryl methyl sites for hydroxylation is 1. The third kappa shape index (κ3) is 3.78. The van der Waals surface area contributed by atoms with E-state index >= 15 is 0 Å². The Hall–Kier alpha value is -2.29. The second-order valence-electron chi connectivity index (χ2n) is 6.69. The zero-order valence-corrected chi connectivity index (χ0v) is 14.1. The van der Waals surface area contributed by atoms with Crippen LogP contribution in [0.3, 0.4) is 0 Å². The summed E-state index contributed by atoms with van der Waals surface area (Å²) in [6, 6.07) is 14.2. The molecule has 2 aromatic rings. The Labute approximate surface area is 143 Å². The lowest BCUT2D eigenvalue weighted by Crippen LogP contribution is -2.29. The second kappa shape index (κ2) is 7.08. The molecular formula is C21H24FNO. The molecule has 1 saturated heterocycles. The van der Waals surface area contributed by atoms with E-state index in [2.05, 4.69) is 35.7 Å². The zero-order chi connectivity index (χ0) is 17.1. The van der Waals surface area contributed by atoms with Crippen LogP contribution in [0.25, 0.3) is 0 Å². The molecule has 24 heavy (non-hydrogen) atoms. The second-order valence-corrected chi connectivity index (χ2v) is 6.69. The summed E-state index contributed by atoms with van der Waals surface area (Å²) >= 11 is 0. The minimum atomic E-state index is -0.145. The lowest BCUT2D eigenvalue weighted by molar-refractivity contribution is 0.376. The van der Waals surface area contributed by atoms with E-state index in [0.29, 0.717) is 18.0 Å². The number of halogens is 1. The van der Waals surface area contributed by atoms with E-state index in [4.69, 9.17) is 0 Å². The van der Waals surface area contributed by atoms with Crippen LogP contribution < -0.4 is 4.90 Å². The minimum absolute atomic E-state index is 0.145. The zero-order valence-electron chi connectivity index (χ0n) is 14.1. The summed E-state index contributed by atoms with van der Waals surface area (Å²) in [6.45, 7) is 6.41. The lowest BCUT2D eigenvalue weighted by atomic mass is 10.0. The van der Waals surface area contributed by atoms with Gasteiger partial charge >= 0.3 is 0 Å². The molecule has 126 valence electrons. The molecular weight excluding hydrogens is 301 g/mol. The average Bonchev–Trinajstić information content (AvgIpc) is 2.99. The van der Waals surface area contributed by atoms with Crippen molar-refractivity contribution in [2.45, 2.75) is 38.6 Å². The Morgan fingerprint density at radius 2 is 1.92 bits per heavy atom. The number of benzene rings is 2. The van der Waals surface area contributed by atoms with E-state index in [9.17, 15) is 9.50 Å². The SMILES string of the molecule is C=C(O)CC1CCCN1c1ccc(Cc2ccc(C)c(F)c2)cc1. The molecule has 1 unspecified atom stereocenters. The molecule has 2 aromatic carbocycles. The molecule has 0 aliphatic carbocycles. The fraction of sp³-hybridized carbons (Fsp3) is 0.333. The summed E-state index contributed by atoms with van der Waals surface area (Å²) < 4.78 is 13.7. The van der Waals surface area contributed by atoms with Crippen LogP contribution in [-0.4, -0.2) is 17.7 Å². The normalized spacial score (nSPS) is 17.2. The molecule has 3 heteroatoms. The monoisotopic (exact) mass is 325 g/mol. The quantitative estimate of drug-likeness (QED) is 0.768. The van der Waals surface area contributed by atoms with Gasteiger partial charge in [-0.2, -0.15) is 0 Å². The summed E-state index contributed by atoms with van der Waals surface area (Å²) in [7, 11) is 0. The molecule has 0 aromatic heterocycles. The number of aliphatic hydroxyl groups excluding tert-OH is 1. The largest absolute Gasteiger partial charge is 0.513 e. The third-order valence-corrected chi connectivity index (χ3v) is 4.76. The molecule has 1 atom stereocenters. The van der Waals surface area contributed by atoms with Crippen molar-refractivity contribution in [2.75, 3.05) is 11.4 Å². The number of anilines is 1. The van der Waals surface area contributed by atoms with Crippen molar-refractivity contribution >= 4 is 5.69 Å². The molecule has 1 aliphatic rings. The maximum atomic E-state index is 13.7.